The van der Waals surface area contributed by atoms with Gasteiger partial charge in [-0.25, -0.2) is 17.8 Å². The monoisotopic (exact) mass is 554 g/mol. The van der Waals surface area contributed by atoms with Crippen LogP contribution in [-0.4, -0.2) is 63.1 Å². The summed E-state index contributed by atoms with van der Waals surface area (Å²) in [5.74, 6) is -0.234. The molecule has 1 amide bonds. The molecule has 0 saturated heterocycles. The quantitative estimate of drug-likeness (QED) is 0.312. The van der Waals surface area contributed by atoms with Gasteiger partial charge in [0.1, 0.15) is 12.4 Å². The zero-order valence-corrected chi connectivity index (χ0v) is 22.1. The Morgan fingerprint density at radius 3 is 2.33 bits per heavy atom. The zero-order chi connectivity index (χ0) is 27.7. The highest BCUT2D eigenvalue weighted by Crippen LogP contribution is 2.43. The van der Waals surface area contributed by atoms with Crippen LogP contribution in [0.1, 0.15) is 30.1 Å². The molecule has 0 saturated carbocycles. The molecule has 0 bridgehead atoms. The molecule has 1 aliphatic heterocycles. The lowest BCUT2D eigenvalue weighted by molar-refractivity contribution is -0.129. The second-order valence-electron chi connectivity index (χ2n) is 9.03. The minimum atomic E-state index is -3.76. The number of aliphatic imine (C=N–C) groups is 1. The molecule has 8 nitrogen and oxygen atoms in total. The molecule has 2 N–H and O–H groups in total. The highest BCUT2D eigenvalue weighted by molar-refractivity contribution is 7.91. The molecule has 4 rings (SSSR count). The first kappa shape index (κ1) is 28.3. The Morgan fingerprint density at radius 2 is 1.69 bits per heavy atom. The van der Waals surface area contributed by atoms with Gasteiger partial charge in [-0.3, -0.25) is 4.79 Å². The van der Waals surface area contributed by atoms with Crippen molar-refractivity contribution < 1.29 is 32.2 Å². The lowest BCUT2D eigenvalue weighted by Gasteiger charge is -2.30. The third-order valence-electron chi connectivity index (χ3n) is 6.37. The Labute approximate surface area is 227 Å². The number of ether oxygens (including phenoxy) is 2. The van der Waals surface area contributed by atoms with E-state index < -0.39 is 34.1 Å². The Kier molecular flexibility index (Phi) is 9.32. The molecule has 0 aromatic heterocycles. The van der Waals surface area contributed by atoms with Crippen LogP contribution in [0.2, 0.25) is 0 Å². The van der Waals surface area contributed by atoms with Gasteiger partial charge in [-0.05, 0) is 42.0 Å². The van der Waals surface area contributed by atoms with Crippen LogP contribution in [0.25, 0.3) is 0 Å². The first-order valence-corrected chi connectivity index (χ1v) is 14.3. The molecule has 206 valence electrons. The van der Waals surface area contributed by atoms with Gasteiger partial charge in [0.15, 0.2) is 21.5 Å². The normalized spacial score (nSPS) is 18.7. The van der Waals surface area contributed by atoms with Gasteiger partial charge in [0.25, 0.3) is 5.91 Å². The molecule has 0 spiro atoms. The summed E-state index contributed by atoms with van der Waals surface area (Å²) in [5.41, 5.74) is -0.464. The molecule has 10 heteroatoms. The summed E-state index contributed by atoms with van der Waals surface area (Å²) in [7, 11) is -3.76. The molecule has 0 fully saturated rings. The molecule has 2 atom stereocenters. The van der Waals surface area contributed by atoms with Crippen molar-refractivity contribution in [1.29, 1.82) is 0 Å². The van der Waals surface area contributed by atoms with Crippen molar-refractivity contribution in [2.24, 2.45) is 4.99 Å². The van der Waals surface area contributed by atoms with Gasteiger partial charge in [0.05, 0.1) is 17.3 Å². The minimum Gasteiger partial charge on any atom is -0.494 e. The first-order valence-electron chi connectivity index (χ1n) is 12.7. The van der Waals surface area contributed by atoms with E-state index in [9.17, 15) is 17.6 Å². The van der Waals surface area contributed by atoms with E-state index in [2.05, 4.69) is 5.32 Å². The molecule has 0 aliphatic carbocycles. The fraction of sp³-hybridized carbons (Fsp3) is 0.310. The van der Waals surface area contributed by atoms with E-state index in [1.54, 1.807) is 66.7 Å². The Hall–Kier alpha value is -3.76. The smallest absolute Gasteiger partial charge is 0.252 e. The van der Waals surface area contributed by atoms with Gasteiger partial charge < -0.3 is 19.9 Å². The molecule has 1 aliphatic rings. The van der Waals surface area contributed by atoms with Crippen LogP contribution in [0, 0.1) is 0 Å². The maximum Gasteiger partial charge on any atom is 0.252 e. The van der Waals surface area contributed by atoms with E-state index in [1.807, 2.05) is 6.07 Å². The molecule has 3 aromatic rings. The maximum absolute atomic E-state index is 13.6. The van der Waals surface area contributed by atoms with Crippen molar-refractivity contribution in [2.75, 3.05) is 32.2 Å². The Morgan fingerprint density at radius 1 is 1.03 bits per heavy atom. The van der Waals surface area contributed by atoms with Gasteiger partial charge in [0, 0.05) is 31.6 Å². The van der Waals surface area contributed by atoms with Crippen molar-refractivity contribution in [3.05, 3.63) is 96.1 Å². The van der Waals surface area contributed by atoms with Gasteiger partial charge in [-0.1, -0.05) is 48.5 Å². The number of carbonyl (C=O) groups is 1. The van der Waals surface area contributed by atoms with Gasteiger partial charge in [-0.2, -0.15) is 0 Å². The van der Waals surface area contributed by atoms with Crippen molar-refractivity contribution in [1.82, 2.24) is 5.32 Å². The number of sulfone groups is 1. The van der Waals surface area contributed by atoms with Crippen LogP contribution < -0.4 is 10.1 Å². The summed E-state index contributed by atoms with van der Waals surface area (Å²) in [5, 5.41) is 11.5. The average molecular weight is 555 g/mol. The zero-order valence-electron chi connectivity index (χ0n) is 21.3. The Balaban J connectivity index is 1.72. The van der Waals surface area contributed by atoms with E-state index >= 15 is 0 Å². The molecule has 39 heavy (non-hydrogen) atoms. The van der Waals surface area contributed by atoms with Crippen molar-refractivity contribution in [2.45, 2.75) is 29.4 Å². The number of aliphatic hydroxyl groups excluding tert-OH is 1. The third kappa shape index (κ3) is 6.63. The Bertz CT molecular complexity index is 1370. The summed E-state index contributed by atoms with van der Waals surface area (Å²) in [6.07, 6.45) is -0.633. The number of nitrogens with one attached hydrogen (secondary N) is 1. The summed E-state index contributed by atoms with van der Waals surface area (Å²) in [6, 6.07) is 23.9. The number of alkyl halides is 1. The molecule has 0 unspecified atom stereocenters. The van der Waals surface area contributed by atoms with E-state index in [0.29, 0.717) is 29.9 Å². The molecule has 0 radical (unpaired) electrons. The van der Waals surface area contributed by atoms with Gasteiger partial charge in [-0.15, -0.1) is 0 Å². The van der Waals surface area contributed by atoms with Crippen LogP contribution in [0.15, 0.2) is 94.8 Å². The van der Waals surface area contributed by atoms with Gasteiger partial charge >= 0.3 is 0 Å². The maximum atomic E-state index is 13.6. The first-order chi connectivity index (χ1) is 18.9. The van der Waals surface area contributed by atoms with Crippen LogP contribution in [0.3, 0.4) is 0 Å². The van der Waals surface area contributed by atoms with Crippen molar-refractivity contribution >= 4 is 21.6 Å². The lowest BCUT2D eigenvalue weighted by atomic mass is 9.85. The number of hydrogen-bond donors (Lipinski definition) is 2. The van der Waals surface area contributed by atoms with Crippen molar-refractivity contribution in [3.8, 4) is 5.75 Å². The summed E-state index contributed by atoms with van der Waals surface area (Å²) in [4.78, 5) is 18.5. The summed E-state index contributed by atoms with van der Waals surface area (Å²) in [6.45, 7) is -0.638. The molecular weight excluding hydrogens is 523 g/mol. The summed E-state index contributed by atoms with van der Waals surface area (Å²) < 4.78 is 51.3. The highest BCUT2D eigenvalue weighted by Gasteiger charge is 2.53. The lowest BCUT2D eigenvalue weighted by Crippen LogP contribution is -2.49. The number of nitrogens with zero attached hydrogens (tertiary/aromatic N) is 1. The predicted molar refractivity (Wildman–Crippen MR) is 145 cm³/mol. The number of hydrogen-bond acceptors (Lipinski definition) is 7. The van der Waals surface area contributed by atoms with Crippen molar-refractivity contribution in [3.63, 3.8) is 0 Å². The number of halogens is 1. The SMILES string of the molecule is O=C(NCCF)[C@]1(CCS(=O)(=O)c2ccccc2)N=C(c2ccc(OCCCO)cc2)O[C@@H]1c1ccccc1. The van der Waals surface area contributed by atoms with E-state index in [-0.39, 0.29) is 36.1 Å². The average Bonchev–Trinajstić information content (AvgIpc) is 3.37. The second-order valence-corrected chi connectivity index (χ2v) is 11.1. The van der Waals surface area contributed by atoms with E-state index in [4.69, 9.17) is 19.6 Å². The summed E-state index contributed by atoms with van der Waals surface area (Å²) >= 11 is 0. The van der Waals surface area contributed by atoms with Crippen LogP contribution in [0.4, 0.5) is 4.39 Å². The number of benzene rings is 3. The van der Waals surface area contributed by atoms with E-state index in [1.165, 1.54) is 12.1 Å². The number of carbonyl (C=O) groups excluding carboxylic acids is 1. The molecular formula is C29H31FN2O6S. The van der Waals surface area contributed by atoms with E-state index in [0.717, 1.165) is 0 Å². The van der Waals surface area contributed by atoms with Crippen LogP contribution in [0.5, 0.6) is 5.75 Å². The van der Waals surface area contributed by atoms with Crippen LogP contribution >= 0.6 is 0 Å². The van der Waals surface area contributed by atoms with Crippen LogP contribution in [-0.2, 0) is 19.4 Å². The standard InChI is InChI=1S/C29H31FN2O6S/c30-17-18-31-28(34)29(16-21-39(35,36)25-10-5-2-6-11-25)26(22-8-3-1-4-9-22)38-27(32-29)23-12-14-24(15-13-23)37-20-7-19-33/h1-6,8-15,26,33H,7,16-21H2,(H,31,34)/t26-,29-/m1/s1. The van der Waals surface area contributed by atoms with Gasteiger partial charge in [0.2, 0.25) is 5.90 Å². The number of aliphatic hydroxyl groups is 1. The fourth-order valence-corrected chi connectivity index (χ4v) is 5.74. The minimum absolute atomic E-state index is 0.0240. The highest BCUT2D eigenvalue weighted by atomic mass is 32.2. The molecule has 3 aromatic carbocycles. The predicted octanol–water partition coefficient (Wildman–Crippen LogP) is 3.65. The second kappa shape index (κ2) is 12.9. The third-order valence-corrected chi connectivity index (χ3v) is 8.10. The largest absolute Gasteiger partial charge is 0.494 e. The number of rotatable bonds is 13. The molecule has 1 heterocycles. The number of amides is 1. The topological polar surface area (TPSA) is 114 Å². The fourth-order valence-electron chi connectivity index (χ4n) is 4.35.